The van der Waals surface area contributed by atoms with Crippen molar-refractivity contribution >= 4 is 50.8 Å². The molecule has 1 saturated heterocycles. The van der Waals surface area contributed by atoms with Gasteiger partial charge in [0.15, 0.2) is 5.16 Å². The second-order valence-corrected chi connectivity index (χ2v) is 11.2. The molecular formula is C26H30N4O4S2. The number of thiophene rings is 1. The normalized spacial score (nSPS) is 17.4. The van der Waals surface area contributed by atoms with E-state index in [1.54, 1.807) is 16.4 Å². The van der Waals surface area contributed by atoms with E-state index in [4.69, 9.17) is 9.72 Å². The van der Waals surface area contributed by atoms with Crippen LogP contribution in [0.4, 0.5) is 5.69 Å². The first kappa shape index (κ1) is 25.0. The van der Waals surface area contributed by atoms with Gasteiger partial charge < -0.3 is 15.0 Å². The Morgan fingerprint density at radius 3 is 2.78 bits per heavy atom. The minimum atomic E-state index is -0.148. The predicted molar refractivity (Wildman–Crippen MR) is 143 cm³/mol. The Labute approximate surface area is 218 Å². The Bertz CT molecular complexity index is 1340. The van der Waals surface area contributed by atoms with Crippen molar-refractivity contribution < 1.29 is 14.3 Å². The molecule has 2 aliphatic rings. The Morgan fingerprint density at radius 1 is 1.28 bits per heavy atom. The van der Waals surface area contributed by atoms with E-state index >= 15 is 0 Å². The lowest BCUT2D eigenvalue weighted by Gasteiger charge is -2.25. The summed E-state index contributed by atoms with van der Waals surface area (Å²) in [5, 5.41) is 4.11. The quantitative estimate of drug-likeness (QED) is 0.372. The maximum atomic E-state index is 13.8. The number of fused-ring (bicyclic) bond motifs is 3. The molecule has 5 rings (SSSR count). The number of thioether (sulfide) groups is 1. The van der Waals surface area contributed by atoms with Gasteiger partial charge in [-0.1, -0.05) is 30.8 Å². The van der Waals surface area contributed by atoms with Gasteiger partial charge in [-0.15, -0.1) is 11.3 Å². The van der Waals surface area contributed by atoms with Gasteiger partial charge in [0.1, 0.15) is 4.83 Å². The Kier molecular flexibility index (Phi) is 7.45. The number of amides is 2. The Morgan fingerprint density at radius 2 is 2.08 bits per heavy atom. The number of rotatable bonds is 7. The number of benzene rings is 1. The monoisotopic (exact) mass is 526 g/mol. The second kappa shape index (κ2) is 10.7. The number of anilines is 1. The first-order chi connectivity index (χ1) is 17.4. The van der Waals surface area contributed by atoms with Crippen molar-refractivity contribution in [1.29, 1.82) is 0 Å². The van der Waals surface area contributed by atoms with E-state index < -0.39 is 0 Å². The van der Waals surface area contributed by atoms with Crippen LogP contribution in [0.3, 0.4) is 0 Å². The zero-order chi connectivity index (χ0) is 25.2. The highest BCUT2D eigenvalue weighted by Crippen LogP contribution is 2.34. The molecule has 8 nitrogen and oxygen atoms in total. The van der Waals surface area contributed by atoms with Crippen molar-refractivity contribution in [2.75, 3.05) is 24.2 Å². The summed E-state index contributed by atoms with van der Waals surface area (Å²) in [5.74, 6) is 0.0284. The summed E-state index contributed by atoms with van der Waals surface area (Å²) in [5.41, 5.74) is 2.89. The van der Waals surface area contributed by atoms with E-state index in [1.165, 1.54) is 28.7 Å². The molecule has 0 radical (unpaired) electrons. The van der Waals surface area contributed by atoms with E-state index in [0.29, 0.717) is 48.0 Å². The first-order valence-corrected chi connectivity index (χ1v) is 14.2. The number of carbonyl (C=O) groups excluding carboxylic acids is 2. The number of aromatic nitrogens is 2. The fourth-order valence-corrected chi connectivity index (χ4v) is 6.83. The van der Waals surface area contributed by atoms with Gasteiger partial charge in [0.25, 0.3) is 5.56 Å². The third-order valence-electron chi connectivity index (χ3n) is 6.76. The van der Waals surface area contributed by atoms with Crippen LogP contribution >= 0.6 is 23.1 Å². The van der Waals surface area contributed by atoms with Crippen molar-refractivity contribution in [2.45, 2.75) is 63.9 Å². The molecule has 1 N–H and O–H groups in total. The molecule has 1 fully saturated rings. The maximum Gasteiger partial charge on any atom is 0.263 e. The molecule has 2 amide bonds. The summed E-state index contributed by atoms with van der Waals surface area (Å²) in [6.07, 6.45) is 3.44. The highest BCUT2D eigenvalue weighted by Gasteiger charge is 2.27. The molecule has 1 unspecified atom stereocenters. The van der Waals surface area contributed by atoms with Crippen molar-refractivity contribution in [3.8, 4) is 0 Å². The van der Waals surface area contributed by atoms with Crippen molar-refractivity contribution in [3.63, 3.8) is 0 Å². The zero-order valence-electron chi connectivity index (χ0n) is 20.5. The zero-order valence-corrected chi connectivity index (χ0v) is 22.2. The van der Waals surface area contributed by atoms with Crippen LogP contribution in [-0.4, -0.2) is 51.3 Å². The van der Waals surface area contributed by atoms with Crippen molar-refractivity contribution in [1.82, 2.24) is 14.5 Å². The lowest BCUT2D eigenvalue weighted by molar-refractivity contribution is -0.129. The van der Waals surface area contributed by atoms with Crippen LogP contribution in [0.15, 0.2) is 34.2 Å². The highest BCUT2D eigenvalue weighted by molar-refractivity contribution is 7.99. The fourth-order valence-electron chi connectivity index (χ4n) is 4.74. The number of ether oxygens (including phenoxy) is 1. The Balaban J connectivity index is 1.42. The van der Waals surface area contributed by atoms with Crippen LogP contribution in [-0.2, 0) is 40.3 Å². The molecule has 0 aliphatic carbocycles. The number of aryl methyl sites for hydroxylation is 1. The molecule has 0 bridgehead atoms. The van der Waals surface area contributed by atoms with Gasteiger partial charge in [-0.3, -0.25) is 19.0 Å². The van der Waals surface area contributed by atoms with Gasteiger partial charge in [-0.05, 0) is 48.9 Å². The number of hydrogen-bond acceptors (Lipinski definition) is 7. The molecular weight excluding hydrogens is 496 g/mol. The topological polar surface area (TPSA) is 93.5 Å². The summed E-state index contributed by atoms with van der Waals surface area (Å²) in [6.45, 7) is 5.91. The van der Waals surface area contributed by atoms with Gasteiger partial charge in [-0.2, -0.15) is 0 Å². The molecule has 10 heteroatoms. The van der Waals surface area contributed by atoms with Gasteiger partial charge in [0.2, 0.25) is 11.8 Å². The standard InChI is InChI=1S/C26H30N4O4S2/c1-3-17-6-8-18(9-7-17)27-22(32)15-35-26-28-24-23(25(33)30(26)13-19-5-4-12-34-19)20-10-11-29(16(2)31)14-21(20)36-24/h6-9,19H,3-5,10-15H2,1-2H3,(H,27,32). The first-order valence-electron chi connectivity index (χ1n) is 12.4. The van der Waals surface area contributed by atoms with Gasteiger partial charge in [0.05, 0.1) is 30.3 Å². The SMILES string of the molecule is CCc1ccc(NC(=O)CSc2nc3sc4c(c3c(=O)n2CC2CCCO2)CCN(C(C)=O)C4)cc1. The number of nitrogens with one attached hydrogen (secondary N) is 1. The third-order valence-corrected chi connectivity index (χ3v) is 8.85. The predicted octanol–water partition coefficient (Wildman–Crippen LogP) is 3.83. The summed E-state index contributed by atoms with van der Waals surface area (Å²) in [6, 6.07) is 7.81. The minimum absolute atomic E-state index is 0.0325. The second-order valence-electron chi connectivity index (χ2n) is 9.21. The van der Waals surface area contributed by atoms with Gasteiger partial charge in [-0.25, -0.2) is 4.98 Å². The summed E-state index contributed by atoms with van der Waals surface area (Å²) >= 11 is 2.75. The summed E-state index contributed by atoms with van der Waals surface area (Å²) in [7, 11) is 0. The molecule has 2 aliphatic heterocycles. The van der Waals surface area contributed by atoms with Crippen molar-refractivity contribution in [3.05, 3.63) is 50.6 Å². The molecule has 2 aromatic heterocycles. The maximum absolute atomic E-state index is 13.8. The molecule has 0 spiro atoms. The molecule has 1 atom stereocenters. The van der Waals surface area contributed by atoms with Crippen molar-refractivity contribution in [2.24, 2.45) is 0 Å². The largest absolute Gasteiger partial charge is 0.376 e. The van der Waals surface area contributed by atoms with E-state index in [-0.39, 0.29) is 29.2 Å². The minimum Gasteiger partial charge on any atom is -0.376 e. The summed E-state index contributed by atoms with van der Waals surface area (Å²) < 4.78 is 7.51. The molecule has 190 valence electrons. The lowest BCUT2D eigenvalue weighted by Crippen LogP contribution is -2.34. The molecule has 3 aromatic rings. The van der Waals surface area contributed by atoms with Crippen LogP contribution in [0.5, 0.6) is 0 Å². The lowest BCUT2D eigenvalue weighted by atomic mass is 10.1. The average molecular weight is 527 g/mol. The molecule has 4 heterocycles. The van der Waals surface area contributed by atoms with Gasteiger partial charge in [0, 0.05) is 30.6 Å². The summed E-state index contributed by atoms with van der Waals surface area (Å²) in [4.78, 5) is 46.7. The Hall–Kier alpha value is -2.69. The highest BCUT2D eigenvalue weighted by atomic mass is 32.2. The van der Waals surface area contributed by atoms with E-state index in [9.17, 15) is 14.4 Å². The van der Waals surface area contributed by atoms with Crippen LogP contribution in [0.1, 0.15) is 42.7 Å². The number of carbonyl (C=O) groups is 2. The smallest absolute Gasteiger partial charge is 0.263 e. The third kappa shape index (κ3) is 5.21. The van der Waals surface area contributed by atoms with E-state index in [1.807, 2.05) is 24.3 Å². The molecule has 0 saturated carbocycles. The van der Waals surface area contributed by atoms with Gasteiger partial charge >= 0.3 is 0 Å². The van der Waals surface area contributed by atoms with E-state index in [2.05, 4.69) is 12.2 Å². The van der Waals surface area contributed by atoms with Crippen LogP contribution < -0.4 is 10.9 Å². The molecule has 36 heavy (non-hydrogen) atoms. The molecule has 1 aromatic carbocycles. The van der Waals surface area contributed by atoms with Crippen LogP contribution in [0.2, 0.25) is 0 Å². The van der Waals surface area contributed by atoms with Crippen LogP contribution in [0.25, 0.3) is 10.2 Å². The van der Waals surface area contributed by atoms with E-state index in [0.717, 1.165) is 35.4 Å². The average Bonchev–Trinajstić information content (AvgIpc) is 3.52. The fraction of sp³-hybridized carbons (Fsp3) is 0.462. The number of nitrogens with zero attached hydrogens (tertiary/aromatic N) is 3. The van der Waals surface area contributed by atoms with Crippen LogP contribution in [0, 0.1) is 0 Å². The number of hydrogen-bond donors (Lipinski definition) is 1.